The zero-order chi connectivity index (χ0) is 25.5. The third-order valence-electron chi connectivity index (χ3n) is 5.86. The molecule has 4 aromatic rings. The van der Waals surface area contributed by atoms with Gasteiger partial charge < -0.3 is 14.8 Å². The number of imidazole rings is 1. The van der Waals surface area contributed by atoms with Crippen molar-refractivity contribution in [2.75, 3.05) is 11.9 Å². The maximum atomic E-state index is 14.5. The van der Waals surface area contributed by atoms with Crippen LogP contribution in [0.15, 0.2) is 79.3 Å². The molecule has 36 heavy (non-hydrogen) atoms. The summed E-state index contributed by atoms with van der Waals surface area (Å²) >= 11 is 5.67. The molecule has 5 nitrogen and oxygen atoms in total. The average Bonchev–Trinajstić information content (AvgIpc) is 3.32. The molecular formula is C28H25F2N5S. The van der Waals surface area contributed by atoms with E-state index >= 15 is 0 Å². The summed E-state index contributed by atoms with van der Waals surface area (Å²) in [6, 6.07) is 21.5. The van der Waals surface area contributed by atoms with Crippen LogP contribution in [0, 0.1) is 29.9 Å². The number of nitrogens with zero attached hydrogens (tertiary/aromatic N) is 4. The zero-order valence-electron chi connectivity index (χ0n) is 19.8. The van der Waals surface area contributed by atoms with Crippen molar-refractivity contribution in [2.45, 2.75) is 26.4 Å². The fraction of sp³-hybridized carbons (Fsp3) is 0.179. The summed E-state index contributed by atoms with van der Waals surface area (Å²) in [7, 11) is 0. The Morgan fingerprint density at radius 3 is 2.56 bits per heavy atom. The summed E-state index contributed by atoms with van der Waals surface area (Å²) in [4.78, 5) is 6.12. The standard InChI is InChI=1S/C28H25F2N5S/c1-20-5-11-24(12-6-20)33-28(36)34(18-23-3-2-4-26(29)27(23)30)14-13-25-16-32-19-35(25)17-22-9-7-21(15-31)8-10-22/h2-12,16,19H,13-14,17-18H2,1H3,(H,33,36). The molecule has 0 unspecified atom stereocenters. The molecule has 0 aliphatic heterocycles. The van der Waals surface area contributed by atoms with Crippen molar-refractivity contribution in [3.05, 3.63) is 119 Å². The van der Waals surface area contributed by atoms with Gasteiger partial charge in [-0.2, -0.15) is 5.26 Å². The quantitative estimate of drug-likeness (QED) is 0.308. The highest BCUT2D eigenvalue weighted by molar-refractivity contribution is 7.80. The Morgan fingerprint density at radius 1 is 1.08 bits per heavy atom. The summed E-state index contributed by atoms with van der Waals surface area (Å²) in [6.07, 6.45) is 4.14. The van der Waals surface area contributed by atoms with Gasteiger partial charge in [-0.25, -0.2) is 13.8 Å². The summed E-state index contributed by atoms with van der Waals surface area (Å²) in [5.74, 6) is -1.75. The number of thiocarbonyl (C=S) groups is 1. The van der Waals surface area contributed by atoms with E-state index in [4.69, 9.17) is 17.5 Å². The van der Waals surface area contributed by atoms with E-state index < -0.39 is 11.6 Å². The number of benzene rings is 3. The molecule has 0 bridgehead atoms. The first-order chi connectivity index (χ1) is 17.4. The Labute approximate surface area is 214 Å². The molecule has 0 fully saturated rings. The van der Waals surface area contributed by atoms with Gasteiger partial charge in [0.05, 0.1) is 18.0 Å². The van der Waals surface area contributed by atoms with E-state index in [1.165, 1.54) is 6.07 Å². The minimum absolute atomic E-state index is 0.116. The molecule has 0 aliphatic carbocycles. The first kappa shape index (κ1) is 25.0. The van der Waals surface area contributed by atoms with Crippen molar-refractivity contribution >= 4 is 23.0 Å². The van der Waals surface area contributed by atoms with Crippen LogP contribution in [0.3, 0.4) is 0 Å². The Morgan fingerprint density at radius 2 is 1.83 bits per heavy atom. The first-order valence-corrected chi connectivity index (χ1v) is 11.9. The van der Waals surface area contributed by atoms with Crippen molar-refractivity contribution in [3.63, 3.8) is 0 Å². The summed E-state index contributed by atoms with van der Waals surface area (Å²) in [5, 5.41) is 12.6. The fourth-order valence-electron chi connectivity index (χ4n) is 3.80. The van der Waals surface area contributed by atoms with Crippen LogP contribution in [0.25, 0.3) is 0 Å². The van der Waals surface area contributed by atoms with E-state index in [9.17, 15) is 8.78 Å². The van der Waals surface area contributed by atoms with Crippen LogP contribution in [-0.2, 0) is 19.5 Å². The third-order valence-corrected chi connectivity index (χ3v) is 6.22. The molecular weight excluding hydrogens is 476 g/mol. The summed E-state index contributed by atoms with van der Waals surface area (Å²) < 4.78 is 30.4. The van der Waals surface area contributed by atoms with Gasteiger partial charge in [-0.15, -0.1) is 0 Å². The SMILES string of the molecule is Cc1ccc(NC(=S)N(CCc2cncn2Cc2ccc(C#N)cc2)Cc2cccc(F)c2F)cc1. The van der Waals surface area contributed by atoms with Crippen LogP contribution in [-0.4, -0.2) is 26.1 Å². The Hall–Kier alpha value is -4.09. The average molecular weight is 502 g/mol. The summed E-state index contributed by atoms with van der Waals surface area (Å²) in [6.45, 7) is 3.19. The second-order valence-corrected chi connectivity index (χ2v) is 8.89. The van der Waals surface area contributed by atoms with E-state index in [0.29, 0.717) is 30.2 Å². The van der Waals surface area contributed by atoms with E-state index in [-0.39, 0.29) is 12.1 Å². The Bertz CT molecular complexity index is 1370. The number of hydrogen-bond donors (Lipinski definition) is 1. The molecule has 3 aromatic carbocycles. The topological polar surface area (TPSA) is 56.9 Å². The predicted octanol–water partition coefficient (Wildman–Crippen LogP) is 5.83. The van der Waals surface area contributed by atoms with E-state index in [2.05, 4.69) is 16.4 Å². The monoisotopic (exact) mass is 501 g/mol. The number of hydrogen-bond acceptors (Lipinski definition) is 3. The lowest BCUT2D eigenvalue weighted by Crippen LogP contribution is -2.36. The van der Waals surface area contributed by atoms with Crippen molar-refractivity contribution in [1.82, 2.24) is 14.5 Å². The molecule has 0 amide bonds. The van der Waals surface area contributed by atoms with Crippen molar-refractivity contribution in [1.29, 1.82) is 5.26 Å². The van der Waals surface area contributed by atoms with Crippen LogP contribution in [0.4, 0.5) is 14.5 Å². The van der Waals surface area contributed by atoms with Gasteiger partial charge in [0.25, 0.3) is 0 Å². The van der Waals surface area contributed by atoms with Crippen LogP contribution in [0.1, 0.15) is 27.9 Å². The van der Waals surface area contributed by atoms with Gasteiger partial charge in [-0.3, -0.25) is 0 Å². The number of aryl methyl sites for hydroxylation is 1. The van der Waals surface area contributed by atoms with Crippen LogP contribution < -0.4 is 5.32 Å². The van der Waals surface area contributed by atoms with Gasteiger partial charge in [-0.05, 0) is 55.0 Å². The largest absolute Gasteiger partial charge is 0.344 e. The van der Waals surface area contributed by atoms with Crippen molar-refractivity contribution in [2.24, 2.45) is 0 Å². The normalized spacial score (nSPS) is 10.6. The van der Waals surface area contributed by atoms with Crippen LogP contribution in [0.5, 0.6) is 0 Å². The second-order valence-electron chi connectivity index (χ2n) is 8.50. The Balaban J connectivity index is 1.50. The highest BCUT2D eigenvalue weighted by Gasteiger charge is 2.16. The lowest BCUT2D eigenvalue weighted by molar-refractivity contribution is 0.401. The molecule has 1 aromatic heterocycles. The van der Waals surface area contributed by atoms with Crippen molar-refractivity contribution < 1.29 is 8.78 Å². The van der Waals surface area contributed by atoms with Crippen LogP contribution >= 0.6 is 12.2 Å². The number of aromatic nitrogens is 2. The second kappa shape index (κ2) is 11.6. The van der Waals surface area contributed by atoms with Gasteiger partial charge in [0.2, 0.25) is 0 Å². The molecule has 4 rings (SSSR count). The lowest BCUT2D eigenvalue weighted by Gasteiger charge is -2.26. The maximum Gasteiger partial charge on any atom is 0.173 e. The number of halogens is 2. The number of nitriles is 1. The molecule has 0 aliphatic rings. The fourth-order valence-corrected chi connectivity index (χ4v) is 4.07. The number of nitrogens with one attached hydrogen (secondary N) is 1. The highest BCUT2D eigenvalue weighted by atomic mass is 32.1. The molecule has 1 N–H and O–H groups in total. The minimum Gasteiger partial charge on any atom is -0.344 e. The number of rotatable bonds is 8. The molecule has 8 heteroatoms. The van der Waals surface area contributed by atoms with Gasteiger partial charge in [0, 0.05) is 49.2 Å². The first-order valence-electron chi connectivity index (χ1n) is 11.5. The third kappa shape index (κ3) is 6.32. The van der Waals surface area contributed by atoms with Gasteiger partial charge >= 0.3 is 0 Å². The minimum atomic E-state index is -0.884. The predicted molar refractivity (Wildman–Crippen MR) is 140 cm³/mol. The highest BCUT2D eigenvalue weighted by Crippen LogP contribution is 2.17. The maximum absolute atomic E-state index is 14.5. The van der Waals surface area contributed by atoms with E-state index in [0.717, 1.165) is 28.6 Å². The Kier molecular flexibility index (Phi) is 8.03. The van der Waals surface area contributed by atoms with E-state index in [1.54, 1.807) is 30.7 Å². The summed E-state index contributed by atoms with van der Waals surface area (Å²) in [5.41, 5.74) is 4.81. The molecule has 0 radical (unpaired) electrons. The molecule has 182 valence electrons. The van der Waals surface area contributed by atoms with Crippen LogP contribution in [0.2, 0.25) is 0 Å². The van der Waals surface area contributed by atoms with E-state index in [1.807, 2.05) is 52.8 Å². The van der Waals surface area contributed by atoms with Gasteiger partial charge in [-0.1, -0.05) is 42.0 Å². The zero-order valence-corrected chi connectivity index (χ0v) is 20.6. The smallest absolute Gasteiger partial charge is 0.173 e. The van der Waals surface area contributed by atoms with Gasteiger partial charge in [0.1, 0.15) is 0 Å². The number of anilines is 1. The molecule has 1 heterocycles. The van der Waals surface area contributed by atoms with Gasteiger partial charge in [0.15, 0.2) is 16.7 Å². The van der Waals surface area contributed by atoms with Crippen molar-refractivity contribution in [3.8, 4) is 6.07 Å². The molecule has 0 atom stereocenters. The molecule has 0 saturated heterocycles. The molecule has 0 spiro atoms. The lowest BCUT2D eigenvalue weighted by atomic mass is 10.1. The molecule has 0 saturated carbocycles.